The molecule has 1 aromatic heterocycles. The molecular weight excluding hydrogens is 518 g/mol. The number of ketones is 1. The summed E-state index contributed by atoms with van der Waals surface area (Å²) in [5, 5.41) is 3.35. The fourth-order valence-electron chi connectivity index (χ4n) is 6.32. The van der Waals surface area contributed by atoms with Crippen LogP contribution in [-0.4, -0.2) is 33.9 Å². The monoisotopic (exact) mass is 573 g/mol. The lowest BCUT2D eigenvalue weighted by Crippen LogP contribution is -2.58. The molecule has 0 bridgehead atoms. The Bertz CT molecular complexity index is 1080. The number of unbranched alkanes of at least 4 members (excludes halogenated alkanes) is 8. The molecule has 1 amide bonds. The van der Waals surface area contributed by atoms with Crippen LogP contribution >= 0.6 is 11.6 Å². The van der Waals surface area contributed by atoms with Crippen LogP contribution in [0.5, 0.6) is 0 Å². The van der Waals surface area contributed by atoms with Gasteiger partial charge in [0.15, 0.2) is 0 Å². The maximum atomic E-state index is 14.9. The van der Waals surface area contributed by atoms with E-state index in [1.807, 2.05) is 23.2 Å². The summed E-state index contributed by atoms with van der Waals surface area (Å²) in [6, 6.07) is 5.86. The van der Waals surface area contributed by atoms with Crippen molar-refractivity contribution in [2.75, 3.05) is 6.54 Å². The van der Waals surface area contributed by atoms with Gasteiger partial charge < -0.3 is 4.57 Å². The van der Waals surface area contributed by atoms with Crippen LogP contribution in [0.4, 0.5) is 0 Å². The second-order valence-corrected chi connectivity index (χ2v) is 12.1. The van der Waals surface area contributed by atoms with Crippen molar-refractivity contribution >= 4 is 34.2 Å². The van der Waals surface area contributed by atoms with Gasteiger partial charge in [-0.3, -0.25) is 14.6 Å². The highest BCUT2D eigenvalue weighted by atomic mass is 35.5. The minimum Gasteiger partial charge on any atom is -0.345 e. The molecule has 6 heteroatoms. The van der Waals surface area contributed by atoms with Gasteiger partial charge in [0.2, 0.25) is 0 Å². The zero-order valence-corrected chi connectivity index (χ0v) is 27.3. The van der Waals surface area contributed by atoms with Gasteiger partial charge in [-0.15, -0.1) is 0 Å². The van der Waals surface area contributed by atoms with Crippen molar-refractivity contribution in [3.05, 3.63) is 34.5 Å². The van der Waals surface area contributed by atoms with E-state index in [0.29, 0.717) is 18.0 Å². The molecule has 40 heavy (non-hydrogen) atoms. The van der Waals surface area contributed by atoms with E-state index in [2.05, 4.69) is 51.5 Å². The zero-order valence-electron chi connectivity index (χ0n) is 26.5. The third kappa shape index (κ3) is 8.12. The van der Waals surface area contributed by atoms with Gasteiger partial charge in [-0.2, -0.15) is 0 Å². The second kappa shape index (κ2) is 17.2. The largest absolute Gasteiger partial charge is 0.345 e. The normalized spacial score (nSPS) is 13.9. The molecule has 0 radical (unpaired) electrons. The van der Waals surface area contributed by atoms with Crippen LogP contribution in [0.15, 0.2) is 18.2 Å². The summed E-state index contributed by atoms with van der Waals surface area (Å²) in [7, 11) is 0. The number of carbonyl (C=O) groups is 2. The number of hydrogen-bond donors (Lipinski definition) is 1. The van der Waals surface area contributed by atoms with Crippen molar-refractivity contribution in [3.8, 4) is 0 Å². The molecule has 0 saturated heterocycles. The van der Waals surface area contributed by atoms with Crippen LogP contribution in [0.1, 0.15) is 136 Å². The first-order valence-corrected chi connectivity index (χ1v) is 16.5. The van der Waals surface area contributed by atoms with Gasteiger partial charge in [0, 0.05) is 46.3 Å². The Balaban J connectivity index is 2.63. The van der Waals surface area contributed by atoms with Crippen molar-refractivity contribution in [2.24, 2.45) is 0 Å². The van der Waals surface area contributed by atoms with Crippen LogP contribution < -0.4 is 5.43 Å². The molecule has 0 aliphatic rings. The predicted octanol–water partition coefficient (Wildman–Crippen LogP) is 9.30. The fraction of sp³-hybridized carbons (Fsp3) is 0.706. The fourth-order valence-corrected chi connectivity index (χ4v) is 6.49. The molecule has 0 spiro atoms. The molecule has 2 rings (SSSR count). The number of nitrogens with zero attached hydrogens (tertiary/aromatic N) is 2. The smallest absolute Gasteiger partial charge is 0.255 e. The molecule has 0 aliphatic heterocycles. The van der Waals surface area contributed by atoms with E-state index in [1.54, 1.807) is 6.92 Å². The van der Waals surface area contributed by atoms with Crippen LogP contribution in [0.3, 0.4) is 0 Å². The average Bonchev–Trinajstić information content (AvgIpc) is 3.20. The third-order valence-corrected chi connectivity index (χ3v) is 8.81. The lowest BCUT2D eigenvalue weighted by Gasteiger charge is -2.39. The van der Waals surface area contributed by atoms with Crippen LogP contribution in [-0.2, 0) is 21.5 Å². The van der Waals surface area contributed by atoms with Gasteiger partial charge in [0.1, 0.15) is 11.2 Å². The summed E-state index contributed by atoms with van der Waals surface area (Å²) in [6.07, 6.45) is 13.7. The van der Waals surface area contributed by atoms with Gasteiger partial charge >= 0.3 is 0 Å². The molecule has 1 N–H and O–H groups in total. The lowest BCUT2D eigenvalue weighted by molar-refractivity contribution is -0.148. The van der Waals surface area contributed by atoms with Crippen molar-refractivity contribution in [1.82, 2.24) is 15.0 Å². The topological polar surface area (TPSA) is 54.3 Å². The van der Waals surface area contributed by atoms with Gasteiger partial charge in [-0.05, 0) is 65.2 Å². The van der Waals surface area contributed by atoms with Gasteiger partial charge in [-0.1, -0.05) is 96.6 Å². The Kier molecular flexibility index (Phi) is 14.8. The number of nitrogens with one attached hydrogen (secondary N) is 1. The van der Waals surface area contributed by atoms with E-state index in [4.69, 9.17) is 11.6 Å². The van der Waals surface area contributed by atoms with Gasteiger partial charge in [-0.25, -0.2) is 5.43 Å². The first-order valence-electron chi connectivity index (χ1n) is 16.1. The first kappa shape index (κ1) is 34.4. The number of Topliss-reactive ketones (excluding diaryl/α,β-unsaturated/α-hetero) is 1. The molecule has 2 atom stereocenters. The number of aryl methyl sites for hydroxylation is 1. The van der Waals surface area contributed by atoms with Crippen LogP contribution in [0, 0.1) is 6.92 Å². The maximum absolute atomic E-state index is 14.9. The average molecular weight is 574 g/mol. The van der Waals surface area contributed by atoms with E-state index in [-0.39, 0.29) is 17.7 Å². The quantitative estimate of drug-likeness (QED) is 0.0975. The number of carbonyl (C=O) groups excluding carboxylic acids is 2. The van der Waals surface area contributed by atoms with E-state index >= 15 is 0 Å². The Morgan fingerprint density at radius 1 is 0.950 bits per heavy atom. The summed E-state index contributed by atoms with van der Waals surface area (Å²) < 4.78 is 2.23. The molecule has 2 aromatic rings. The summed E-state index contributed by atoms with van der Waals surface area (Å²) in [5.74, 6) is -0.192. The number of halogens is 1. The maximum Gasteiger partial charge on any atom is 0.255 e. The molecule has 1 heterocycles. The standard InChI is InChI=1S/C34H56ClN3O2/c1-8-12-14-15-16-17-18-19-23-34(28(7)39,33(40)38(26(5)20-10-3)36-24-13-9-2)32-27(6)37(11-4)31-22-21-29(35)25-30(31)32/h21-22,25-26,36H,8-20,23-24H2,1-7H3. The van der Waals surface area contributed by atoms with E-state index in [9.17, 15) is 9.59 Å². The van der Waals surface area contributed by atoms with E-state index in [1.165, 1.54) is 32.1 Å². The summed E-state index contributed by atoms with van der Waals surface area (Å²) in [5.41, 5.74) is 5.06. The summed E-state index contributed by atoms with van der Waals surface area (Å²) in [4.78, 5) is 29.0. The number of aromatic nitrogens is 1. The summed E-state index contributed by atoms with van der Waals surface area (Å²) >= 11 is 6.54. The van der Waals surface area contributed by atoms with Crippen LogP contribution in [0.2, 0.25) is 5.02 Å². The minimum absolute atomic E-state index is 0.0185. The molecule has 1 aromatic carbocycles. The lowest BCUT2D eigenvalue weighted by atomic mass is 9.70. The number of fused-ring (bicyclic) bond motifs is 1. The Morgan fingerprint density at radius 2 is 1.57 bits per heavy atom. The highest BCUT2D eigenvalue weighted by Crippen LogP contribution is 2.42. The predicted molar refractivity (Wildman–Crippen MR) is 171 cm³/mol. The summed E-state index contributed by atoms with van der Waals surface area (Å²) in [6.45, 7) is 15.9. The molecule has 5 nitrogen and oxygen atoms in total. The first-order chi connectivity index (χ1) is 19.2. The minimum atomic E-state index is -1.27. The van der Waals surface area contributed by atoms with Crippen molar-refractivity contribution < 1.29 is 9.59 Å². The number of hydrogen-bond acceptors (Lipinski definition) is 3. The molecular formula is C34H56ClN3O2. The molecule has 226 valence electrons. The van der Waals surface area contributed by atoms with E-state index < -0.39 is 5.41 Å². The highest BCUT2D eigenvalue weighted by molar-refractivity contribution is 6.31. The van der Waals surface area contributed by atoms with Crippen LogP contribution in [0.25, 0.3) is 10.9 Å². The number of rotatable bonds is 20. The SMILES string of the molecule is CCCCCCCCCCC(C(C)=O)(C(=O)N(NCCCC)C(C)CCC)c1c(C)n(CC)c2ccc(Cl)cc12. The molecule has 0 aliphatic carbocycles. The Morgan fingerprint density at radius 3 is 2.15 bits per heavy atom. The van der Waals surface area contributed by atoms with Crippen molar-refractivity contribution in [1.29, 1.82) is 0 Å². The van der Waals surface area contributed by atoms with Gasteiger partial charge in [0.05, 0.1) is 0 Å². The number of hydrazine groups is 1. The van der Waals surface area contributed by atoms with E-state index in [0.717, 1.165) is 73.7 Å². The second-order valence-electron chi connectivity index (χ2n) is 11.6. The van der Waals surface area contributed by atoms with Gasteiger partial charge in [0.25, 0.3) is 5.91 Å². The highest BCUT2D eigenvalue weighted by Gasteiger charge is 2.50. The third-order valence-electron chi connectivity index (χ3n) is 8.58. The molecule has 2 unspecified atom stereocenters. The number of amides is 1. The Hall–Kier alpha value is -1.85. The Labute approximate surface area is 249 Å². The molecule has 0 saturated carbocycles. The molecule has 0 fully saturated rings. The van der Waals surface area contributed by atoms with Crippen molar-refractivity contribution in [2.45, 2.75) is 150 Å². The van der Waals surface area contributed by atoms with Crippen molar-refractivity contribution in [3.63, 3.8) is 0 Å². The zero-order chi connectivity index (χ0) is 29.7. The number of benzene rings is 1.